The third kappa shape index (κ3) is 5.65. The van der Waals surface area contributed by atoms with E-state index in [0.717, 1.165) is 0 Å². The molecule has 0 aliphatic heterocycles. The van der Waals surface area contributed by atoms with Gasteiger partial charge in [0.15, 0.2) is 5.82 Å². The van der Waals surface area contributed by atoms with Crippen molar-refractivity contribution in [2.45, 2.75) is 25.6 Å². The Morgan fingerprint density at radius 1 is 1.29 bits per heavy atom. The predicted octanol–water partition coefficient (Wildman–Crippen LogP) is 2.34. The number of hydrogen-bond acceptors (Lipinski definition) is 6. The highest BCUT2D eigenvalue weighted by atomic mass is 32.2. The number of amides is 1. The molecule has 1 N–H and O–H groups in total. The van der Waals surface area contributed by atoms with Crippen molar-refractivity contribution in [3.05, 3.63) is 47.1 Å². The monoisotopic (exact) mass is 348 g/mol. The lowest BCUT2D eigenvalue weighted by Crippen LogP contribution is -2.35. The molecule has 0 radical (unpaired) electrons. The Hall–Kier alpha value is -1.86. The maximum atomic E-state index is 12.0. The maximum absolute atomic E-state index is 12.0. The summed E-state index contributed by atoms with van der Waals surface area (Å²) >= 11 is 1.47. The van der Waals surface area contributed by atoms with E-state index in [2.05, 4.69) is 51.5 Å². The number of aryl methyl sites for hydroxylation is 2. The minimum Gasteiger partial charge on any atom is -0.353 e. The minimum absolute atomic E-state index is 0.0131. The van der Waals surface area contributed by atoms with Crippen molar-refractivity contribution in [3.63, 3.8) is 0 Å². The van der Waals surface area contributed by atoms with E-state index in [1.165, 1.54) is 22.9 Å². The van der Waals surface area contributed by atoms with Gasteiger partial charge in [0.05, 0.1) is 17.5 Å². The number of likely N-dealkylation sites (N-methyl/N-ethyl adjacent to an activating group) is 1. The van der Waals surface area contributed by atoms with E-state index in [9.17, 15) is 4.79 Å². The summed E-state index contributed by atoms with van der Waals surface area (Å²) in [6, 6.07) is 8.56. The number of carbonyl (C=O) groups is 1. The molecule has 1 heterocycles. The van der Waals surface area contributed by atoms with Crippen LogP contribution in [0, 0.1) is 13.8 Å². The van der Waals surface area contributed by atoms with Crippen molar-refractivity contribution in [2.75, 3.05) is 26.4 Å². The van der Waals surface area contributed by atoms with Gasteiger partial charge in [0.2, 0.25) is 11.8 Å². The quantitative estimate of drug-likeness (QED) is 0.789. The zero-order valence-corrected chi connectivity index (χ0v) is 15.4. The van der Waals surface area contributed by atoms with E-state index in [1.54, 1.807) is 6.92 Å². The first kappa shape index (κ1) is 18.5. The summed E-state index contributed by atoms with van der Waals surface area (Å²) in [6.07, 6.45) is 0. The van der Waals surface area contributed by atoms with Crippen molar-refractivity contribution >= 4 is 17.7 Å². The Labute approximate surface area is 147 Å². The van der Waals surface area contributed by atoms with Gasteiger partial charge in [-0.15, -0.1) is 11.8 Å². The van der Waals surface area contributed by atoms with E-state index >= 15 is 0 Å². The van der Waals surface area contributed by atoms with Gasteiger partial charge in [-0.05, 0) is 26.6 Å². The van der Waals surface area contributed by atoms with Crippen LogP contribution in [-0.2, 0) is 10.5 Å². The van der Waals surface area contributed by atoms with Crippen LogP contribution in [0.2, 0.25) is 0 Å². The molecule has 0 aliphatic rings. The summed E-state index contributed by atoms with van der Waals surface area (Å²) in [5, 5.41) is 6.81. The zero-order chi connectivity index (χ0) is 17.5. The van der Waals surface area contributed by atoms with E-state index in [0.29, 0.717) is 29.8 Å². The summed E-state index contributed by atoms with van der Waals surface area (Å²) in [7, 11) is 4.04. The molecule has 2 aromatic rings. The average molecular weight is 348 g/mol. The lowest BCUT2D eigenvalue weighted by atomic mass is 10.0. The Bertz CT molecular complexity index is 655. The molecule has 0 bridgehead atoms. The lowest BCUT2D eigenvalue weighted by molar-refractivity contribution is -0.118. The predicted molar refractivity (Wildman–Crippen MR) is 95.8 cm³/mol. The van der Waals surface area contributed by atoms with Crippen molar-refractivity contribution in [1.82, 2.24) is 20.4 Å². The number of thioether (sulfide) groups is 1. The fraction of sp³-hybridized carbons (Fsp3) is 0.471. The molecule has 0 spiro atoms. The van der Waals surface area contributed by atoms with Gasteiger partial charge in [0.25, 0.3) is 0 Å². The van der Waals surface area contributed by atoms with Gasteiger partial charge < -0.3 is 14.7 Å². The van der Waals surface area contributed by atoms with Crippen molar-refractivity contribution in [1.29, 1.82) is 0 Å². The molecule has 0 aliphatic carbocycles. The molecule has 130 valence electrons. The van der Waals surface area contributed by atoms with Gasteiger partial charge in [0, 0.05) is 13.5 Å². The first-order chi connectivity index (χ1) is 11.5. The molecule has 1 atom stereocenters. The van der Waals surface area contributed by atoms with Crippen LogP contribution in [0.1, 0.15) is 28.9 Å². The molecule has 1 aromatic heterocycles. The first-order valence-electron chi connectivity index (χ1n) is 7.82. The van der Waals surface area contributed by atoms with Crippen LogP contribution < -0.4 is 5.32 Å². The van der Waals surface area contributed by atoms with Crippen LogP contribution in [0.3, 0.4) is 0 Å². The molecule has 1 amide bonds. The highest BCUT2D eigenvalue weighted by Gasteiger charge is 2.15. The number of hydrogen-bond donors (Lipinski definition) is 1. The molecule has 2 rings (SSSR count). The largest absolute Gasteiger partial charge is 0.353 e. The van der Waals surface area contributed by atoms with Crippen LogP contribution in [0.25, 0.3) is 0 Å². The molecule has 0 unspecified atom stereocenters. The van der Waals surface area contributed by atoms with E-state index in [1.807, 2.05) is 14.1 Å². The van der Waals surface area contributed by atoms with Crippen molar-refractivity contribution < 1.29 is 9.32 Å². The molecule has 1 aromatic carbocycles. The summed E-state index contributed by atoms with van der Waals surface area (Å²) in [5.41, 5.74) is 2.43. The Morgan fingerprint density at radius 3 is 2.58 bits per heavy atom. The number of carbonyl (C=O) groups excluding carboxylic acids is 1. The number of nitrogens with one attached hydrogen (secondary N) is 1. The molecule has 0 saturated heterocycles. The summed E-state index contributed by atoms with van der Waals surface area (Å²) in [5.74, 6) is 2.12. The van der Waals surface area contributed by atoms with Crippen LogP contribution in [0.5, 0.6) is 0 Å². The molecule has 0 fully saturated rings. The van der Waals surface area contributed by atoms with Crippen LogP contribution in [-0.4, -0.2) is 47.3 Å². The summed E-state index contributed by atoms with van der Waals surface area (Å²) < 4.78 is 4.90. The second-order valence-electron chi connectivity index (χ2n) is 5.92. The third-order valence-corrected chi connectivity index (χ3v) is 4.54. The Kier molecular flexibility index (Phi) is 6.81. The average Bonchev–Trinajstić information content (AvgIpc) is 2.94. The van der Waals surface area contributed by atoms with Crippen LogP contribution >= 0.6 is 11.8 Å². The summed E-state index contributed by atoms with van der Waals surface area (Å²) in [4.78, 5) is 18.3. The first-order valence-corrected chi connectivity index (χ1v) is 8.98. The number of benzene rings is 1. The SMILES string of the molecule is Cc1ccc([C@@H](CNC(=O)CSCc2noc(C)n2)N(C)C)cc1. The van der Waals surface area contributed by atoms with E-state index in [4.69, 9.17) is 4.52 Å². The number of nitrogens with zero attached hydrogens (tertiary/aromatic N) is 3. The number of rotatable bonds is 8. The highest BCUT2D eigenvalue weighted by molar-refractivity contribution is 7.99. The molecule has 24 heavy (non-hydrogen) atoms. The maximum Gasteiger partial charge on any atom is 0.230 e. The fourth-order valence-corrected chi connectivity index (χ4v) is 2.97. The molecule has 6 nitrogen and oxygen atoms in total. The fourth-order valence-electron chi connectivity index (χ4n) is 2.28. The van der Waals surface area contributed by atoms with Crippen LogP contribution in [0.4, 0.5) is 0 Å². The van der Waals surface area contributed by atoms with Gasteiger partial charge >= 0.3 is 0 Å². The number of aromatic nitrogens is 2. The molecular weight excluding hydrogens is 324 g/mol. The van der Waals surface area contributed by atoms with E-state index < -0.39 is 0 Å². The Morgan fingerprint density at radius 2 is 2.00 bits per heavy atom. The van der Waals surface area contributed by atoms with Crippen molar-refractivity contribution in [3.8, 4) is 0 Å². The van der Waals surface area contributed by atoms with E-state index in [-0.39, 0.29) is 11.9 Å². The van der Waals surface area contributed by atoms with Gasteiger partial charge in [0.1, 0.15) is 0 Å². The van der Waals surface area contributed by atoms with Crippen LogP contribution in [0.15, 0.2) is 28.8 Å². The summed E-state index contributed by atoms with van der Waals surface area (Å²) in [6.45, 7) is 4.40. The minimum atomic E-state index is 0.0131. The third-order valence-electron chi connectivity index (χ3n) is 3.61. The zero-order valence-electron chi connectivity index (χ0n) is 14.6. The van der Waals surface area contributed by atoms with Gasteiger partial charge in [-0.2, -0.15) is 4.98 Å². The van der Waals surface area contributed by atoms with Gasteiger partial charge in [-0.25, -0.2) is 0 Å². The Balaban J connectivity index is 1.78. The molecular formula is C17H24N4O2S. The molecule has 0 saturated carbocycles. The normalized spacial score (nSPS) is 12.4. The van der Waals surface area contributed by atoms with Crippen molar-refractivity contribution in [2.24, 2.45) is 0 Å². The standard InChI is InChI=1S/C17H24N4O2S/c1-12-5-7-14(8-6-12)15(21(3)4)9-18-17(22)11-24-10-16-19-13(2)23-20-16/h5-8,15H,9-11H2,1-4H3,(H,18,22)/t15-/m1/s1. The van der Waals surface area contributed by atoms with Gasteiger partial charge in [-0.3, -0.25) is 4.79 Å². The highest BCUT2D eigenvalue weighted by Crippen LogP contribution is 2.18. The lowest BCUT2D eigenvalue weighted by Gasteiger charge is -2.25. The van der Waals surface area contributed by atoms with Gasteiger partial charge in [-0.1, -0.05) is 35.0 Å². The molecule has 7 heteroatoms. The second-order valence-corrected chi connectivity index (χ2v) is 6.90. The topological polar surface area (TPSA) is 71.3 Å². The smallest absolute Gasteiger partial charge is 0.230 e. The second kappa shape index (κ2) is 8.84.